The van der Waals surface area contributed by atoms with E-state index in [9.17, 15) is 4.79 Å². The lowest BCUT2D eigenvalue weighted by Crippen LogP contribution is -2.27. The van der Waals surface area contributed by atoms with Crippen LogP contribution in [0.3, 0.4) is 0 Å². The second kappa shape index (κ2) is 5.98. The van der Waals surface area contributed by atoms with Crippen LogP contribution in [0.15, 0.2) is 23.1 Å². The average Bonchev–Trinajstić information content (AvgIpc) is 2.20. The number of nitrogens with zero attached hydrogens (tertiary/aromatic N) is 1. The second-order valence-corrected chi connectivity index (χ2v) is 5.73. The summed E-state index contributed by atoms with van der Waals surface area (Å²) < 4.78 is 5.11. The predicted molar refractivity (Wildman–Crippen MR) is 72.8 cm³/mol. The van der Waals surface area contributed by atoms with E-state index in [1.807, 2.05) is 5.40 Å². The van der Waals surface area contributed by atoms with Crippen LogP contribution in [-0.2, 0) is 4.74 Å². The summed E-state index contributed by atoms with van der Waals surface area (Å²) in [4.78, 5) is 12.3. The molecule has 0 heterocycles. The number of hydrogen-bond donors (Lipinski definition) is 1. The van der Waals surface area contributed by atoms with Crippen molar-refractivity contribution in [3.8, 4) is 5.40 Å². The van der Waals surface area contributed by atoms with E-state index in [2.05, 4.69) is 5.32 Å². The maximum absolute atomic E-state index is 11.5. The predicted octanol–water partition coefficient (Wildman–Crippen LogP) is 4.26. The number of thiocyanates is 1. The summed E-state index contributed by atoms with van der Waals surface area (Å²) in [6, 6.07) is 4.94. The Morgan fingerprint density at radius 2 is 2.17 bits per heavy atom. The lowest BCUT2D eigenvalue weighted by molar-refractivity contribution is 0.0636. The number of thioether (sulfide) groups is 1. The molecule has 0 saturated heterocycles. The quantitative estimate of drug-likeness (QED) is 0.651. The maximum atomic E-state index is 11.5. The number of benzene rings is 1. The normalized spacial score (nSPS) is 10.6. The molecule has 0 bridgehead atoms. The molecular weight excluding hydrogens is 272 g/mol. The van der Waals surface area contributed by atoms with Gasteiger partial charge >= 0.3 is 6.09 Å². The van der Waals surface area contributed by atoms with Gasteiger partial charge in [-0.3, -0.25) is 5.32 Å². The molecule has 4 nitrogen and oxygen atoms in total. The van der Waals surface area contributed by atoms with Crippen molar-refractivity contribution in [2.24, 2.45) is 0 Å². The summed E-state index contributed by atoms with van der Waals surface area (Å²) in [6.45, 7) is 5.34. The first-order valence-corrected chi connectivity index (χ1v) is 6.37. The summed E-state index contributed by atoms with van der Waals surface area (Å²) in [7, 11) is 0. The third-order valence-electron chi connectivity index (χ3n) is 1.74. The van der Waals surface area contributed by atoms with Crippen LogP contribution in [-0.4, -0.2) is 11.7 Å². The number of hydrogen-bond acceptors (Lipinski definition) is 4. The van der Waals surface area contributed by atoms with Gasteiger partial charge in [0.2, 0.25) is 0 Å². The molecular formula is C12H13ClN2O2S. The minimum absolute atomic E-state index is 0.362. The van der Waals surface area contributed by atoms with E-state index in [1.54, 1.807) is 39.0 Å². The Morgan fingerprint density at radius 1 is 1.50 bits per heavy atom. The number of anilines is 1. The molecule has 0 aliphatic heterocycles. The van der Waals surface area contributed by atoms with E-state index in [4.69, 9.17) is 21.6 Å². The first-order chi connectivity index (χ1) is 8.31. The van der Waals surface area contributed by atoms with Crippen LogP contribution in [0.25, 0.3) is 0 Å². The highest BCUT2D eigenvalue weighted by atomic mass is 35.5. The van der Waals surface area contributed by atoms with Gasteiger partial charge in [0.15, 0.2) is 0 Å². The van der Waals surface area contributed by atoms with Crippen molar-refractivity contribution in [1.29, 1.82) is 5.26 Å². The van der Waals surface area contributed by atoms with Crippen LogP contribution in [0.4, 0.5) is 10.5 Å². The van der Waals surface area contributed by atoms with Gasteiger partial charge in [-0.25, -0.2) is 4.79 Å². The van der Waals surface area contributed by atoms with E-state index in [1.165, 1.54) is 0 Å². The largest absolute Gasteiger partial charge is 0.444 e. The van der Waals surface area contributed by atoms with Crippen LogP contribution in [0, 0.1) is 10.7 Å². The van der Waals surface area contributed by atoms with Crippen molar-refractivity contribution in [3.63, 3.8) is 0 Å². The fourth-order valence-electron chi connectivity index (χ4n) is 1.13. The minimum atomic E-state index is -0.565. The highest BCUT2D eigenvalue weighted by Gasteiger charge is 2.17. The van der Waals surface area contributed by atoms with Crippen molar-refractivity contribution in [3.05, 3.63) is 23.2 Å². The first-order valence-electron chi connectivity index (χ1n) is 5.17. The summed E-state index contributed by atoms with van der Waals surface area (Å²) in [5.74, 6) is 0. The van der Waals surface area contributed by atoms with Crippen molar-refractivity contribution in [2.75, 3.05) is 5.32 Å². The molecule has 96 valence electrons. The molecule has 0 radical (unpaired) electrons. The smallest absolute Gasteiger partial charge is 0.412 e. The SMILES string of the molecule is CC(C)(C)OC(=O)Nc1ccc(SC#N)cc1Cl. The Labute approximate surface area is 115 Å². The third-order valence-corrected chi connectivity index (χ3v) is 2.63. The van der Waals surface area contributed by atoms with Gasteiger partial charge in [0.25, 0.3) is 0 Å². The topological polar surface area (TPSA) is 62.1 Å². The fourth-order valence-corrected chi connectivity index (χ4v) is 1.84. The van der Waals surface area contributed by atoms with Crippen LogP contribution in [0.1, 0.15) is 20.8 Å². The van der Waals surface area contributed by atoms with Gasteiger partial charge in [0.05, 0.1) is 10.7 Å². The number of carbonyl (C=O) groups is 1. The van der Waals surface area contributed by atoms with Gasteiger partial charge in [-0.2, -0.15) is 5.26 Å². The number of halogens is 1. The van der Waals surface area contributed by atoms with Gasteiger partial charge in [-0.05, 0) is 50.7 Å². The monoisotopic (exact) mass is 284 g/mol. The Hall–Kier alpha value is -1.38. The molecule has 0 saturated carbocycles. The summed E-state index contributed by atoms with van der Waals surface area (Å²) in [5, 5.41) is 13.4. The van der Waals surface area contributed by atoms with E-state index in [0.717, 1.165) is 16.7 Å². The number of ether oxygens (including phenoxy) is 1. The standard InChI is InChI=1S/C12H13ClN2O2S/c1-12(2,3)17-11(16)15-10-5-4-8(18-7-14)6-9(10)13/h4-6H,1-3H3,(H,15,16). The lowest BCUT2D eigenvalue weighted by atomic mass is 10.2. The zero-order valence-corrected chi connectivity index (χ0v) is 11.9. The molecule has 1 aromatic carbocycles. The molecule has 0 aliphatic carbocycles. The van der Waals surface area contributed by atoms with Crippen LogP contribution < -0.4 is 5.32 Å². The van der Waals surface area contributed by atoms with Gasteiger partial charge in [-0.1, -0.05) is 11.6 Å². The third kappa shape index (κ3) is 4.86. The van der Waals surface area contributed by atoms with E-state index in [-0.39, 0.29) is 0 Å². The Balaban J connectivity index is 2.74. The maximum Gasteiger partial charge on any atom is 0.412 e. The van der Waals surface area contributed by atoms with E-state index < -0.39 is 11.7 Å². The van der Waals surface area contributed by atoms with Gasteiger partial charge < -0.3 is 4.74 Å². The molecule has 6 heteroatoms. The fraction of sp³-hybridized carbons (Fsp3) is 0.333. The van der Waals surface area contributed by atoms with Gasteiger partial charge in [0, 0.05) is 4.90 Å². The average molecular weight is 285 g/mol. The van der Waals surface area contributed by atoms with Crippen LogP contribution >= 0.6 is 23.4 Å². The Morgan fingerprint density at radius 3 is 2.67 bits per heavy atom. The molecule has 1 aromatic rings. The summed E-state index contributed by atoms with van der Waals surface area (Å²) in [6.07, 6.45) is -0.565. The molecule has 0 fully saturated rings. The van der Waals surface area contributed by atoms with Crippen molar-refractivity contribution in [1.82, 2.24) is 0 Å². The van der Waals surface area contributed by atoms with Crippen LogP contribution in [0.5, 0.6) is 0 Å². The zero-order valence-electron chi connectivity index (χ0n) is 10.3. The number of nitriles is 1. The van der Waals surface area contributed by atoms with Crippen molar-refractivity contribution >= 4 is 35.1 Å². The summed E-state index contributed by atoms with van der Waals surface area (Å²) in [5.41, 5.74) is -0.110. The molecule has 1 rings (SSSR count). The lowest BCUT2D eigenvalue weighted by Gasteiger charge is -2.20. The minimum Gasteiger partial charge on any atom is -0.444 e. The molecule has 1 amide bonds. The van der Waals surface area contributed by atoms with Crippen LogP contribution in [0.2, 0.25) is 5.02 Å². The molecule has 0 unspecified atom stereocenters. The van der Waals surface area contributed by atoms with Gasteiger partial charge in [-0.15, -0.1) is 0 Å². The Bertz CT molecular complexity index is 492. The summed E-state index contributed by atoms with van der Waals surface area (Å²) >= 11 is 6.99. The molecule has 18 heavy (non-hydrogen) atoms. The molecule has 1 N–H and O–H groups in total. The van der Waals surface area contributed by atoms with E-state index in [0.29, 0.717) is 10.7 Å². The number of carbonyl (C=O) groups excluding carboxylic acids is 1. The number of rotatable bonds is 2. The molecule has 0 aromatic heterocycles. The molecule has 0 aliphatic rings. The zero-order chi connectivity index (χ0) is 13.8. The van der Waals surface area contributed by atoms with Crippen molar-refractivity contribution in [2.45, 2.75) is 31.3 Å². The molecule has 0 spiro atoms. The van der Waals surface area contributed by atoms with Gasteiger partial charge in [0.1, 0.15) is 11.0 Å². The number of nitrogens with one attached hydrogen (secondary N) is 1. The Kier molecular flexibility index (Phi) is 4.88. The second-order valence-electron chi connectivity index (χ2n) is 4.46. The van der Waals surface area contributed by atoms with Crippen molar-refractivity contribution < 1.29 is 9.53 Å². The number of amides is 1. The highest BCUT2D eigenvalue weighted by Crippen LogP contribution is 2.28. The highest BCUT2D eigenvalue weighted by molar-refractivity contribution is 8.03. The molecule has 0 atom stereocenters. The van der Waals surface area contributed by atoms with E-state index >= 15 is 0 Å². The first kappa shape index (κ1) is 14.7.